The molecule has 2 aliphatic rings. The normalized spacial score (nSPS) is 16.4. The SMILES string of the molecule is COc1cc2ncnc(Oc3ccc(CC(=O)c4cn5c6c(c(N7CCC(O)CC7)c(F)cc6c4=O)CCC5C)cc3F)c2cc1OC. The van der Waals surface area contributed by atoms with Gasteiger partial charge in [-0.25, -0.2) is 18.7 Å². The minimum Gasteiger partial charge on any atom is -0.493 e. The molecule has 0 radical (unpaired) electrons. The van der Waals surface area contributed by atoms with E-state index < -0.39 is 29.0 Å². The average Bonchev–Trinajstić information content (AvgIpc) is 3.08. The third kappa shape index (κ3) is 5.49. The van der Waals surface area contributed by atoms with E-state index in [1.807, 2.05) is 16.4 Å². The molecule has 0 bridgehead atoms. The fourth-order valence-corrected chi connectivity index (χ4v) is 6.83. The van der Waals surface area contributed by atoms with Crippen LogP contribution in [0.2, 0.25) is 0 Å². The number of halogens is 2. The van der Waals surface area contributed by atoms with Gasteiger partial charge < -0.3 is 28.8 Å². The number of nitrogens with zero attached hydrogens (tertiary/aromatic N) is 4. The number of aliphatic hydroxyl groups excluding tert-OH is 1. The monoisotopic (exact) mass is 656 g/mol. The van der Waals surface area contributed by atoms with Gasteiger partial charge in [-0.2, -0.15) is 0 Å². The van der Waals surface area contributed by atoms with Gasteiger partial charge in [0.1, 0.15) is 12.1 Å². The number of rotatable bonds is 8. The predicted molar refractivity (Wildman–Crippen MR) is 176 cm³/mol. The first-order valence-electron chi connectivity index (χ1n) is 15.9. The Hall–Kier alpha value is -5.10. The van der Waals surface area contributed by atoms with Crippen LogP contribution < -0.4 is 24.5 Å². The number of methoxy groups -OCH3 is 2. The van der Waals surface area contributed by atoms with E-state index in [4.69, 9.17) is 14.2 Å². The lowest BCUT2D eigenvalue weighted by molar-refractivity contribution is 0.0991. The number of pyridine rings is 1. The number of ether oxygens (including phenoxy) is 3. The second-order valence-corrected chi connectivity index (χ2v) is 12.3. The van der Waals surface area contributed by atoms with Crippen molar-refractivity contribution in [2.45, 2.75) is 51.2 Å². The molecule has 7 rings (SSSR count). The topological polar surface area (TPSA) is 116 Å². The largest absolute Gasteiger partial charge is 0.493 e. The second kappa shape index (κ2) is 12.5. The lowest BCUT2D eigenvalue weighted by Crippen LogP contribution is -2.37. The first-order valence-corrected chi connectivity index (χ1v) is 15.9. The summed E-state index contributed by atoms with van der Waals surface area (Å²) in [6.07, 6.45) is 4.60. The fourth-order valence-electron chi connectivity index (χ4n) is 6.83. The third-order valence-corrected chi connectivity index (χ3v) is 9.38. The molecular formula is C36H34F2N4O6. The number of Topliss-reactive ketones (excluding diaryl/α,β-unsaturated/α-hetero) is 1. The summed E-state index contributed by atoms with van der Waals surface area (Å²) >= 11 is 0. The zero-order valence-corrected chi connectivity index (χ0v) is 26.8. The third-order valence-electron chi connectivity index (χ3n) is 9.38. The van der Waals surface area contributed by atoms with Crippen molar-refractivity contribution in [2.75, 3.05) is 32.2 Å². The van der Waals surface area contributed by atoms with Gasteiger partial charge in [-0.05, 0) is 62.4 Å². The number of aromatic nitrogens is 3. The molecule has 1 atom stereocenters. The summed E-state index contributed by atoms with van der Waals surface area (Å²) in [5.41, 5.74) is 2.08. The number of aliphatic hydroxyl groups is 1. The quantitative estimate of drug-likeness (QED) is 0.203. The van der Waals surface area contributed by atoms with Gasteiger partial charge in [0.25, 0.3) is 0 Å². The maximum atomic E-state index is 15.7. The second-order valence-electron chi connectivity index (χ2n) is 12.3. The highest BCUT2D eigenvalue weighted by Gasteiger charge is 2.30. The highest BCUT2D eigenvalue weighted by Crippen LogP contribution is 2.40. The molecule has 2 aliphatic heterocycles. The van der Waals surface area contributed by atoms with Crippen LogP contribution in [-0.2, 0) is 12.8 Å². The fraction of sp³-hybridized carbons (Fsp3) is 0.333. The highest BCUT2D eigenvalue weighted by atomic mass is 19.1. The summed E-state index contributed by atoms with van der Waals surface area (Å²) in [6, 6.07) is 8.64. The Morgan fingerprint density at radius 2 is 1.71 bits per heavy atom. The van der Waals surface area contributed by atoms with Crippen LogP contribution in [0, 0.1) is 11.6 Å². The molecule has 2 aromatic heterocycles. The molecule has 4 heterocycles. The van der Waals surface area contributed by atoms with Crippen molar-refractivity contribution in [1.29, 1.82) is 0 Å². The predicted octanol–water partition coefficient (Wildman–Crippen LogP) is 5.93. The number of carbonyl (C=O) groups excluding carboxylic acids is 1. The summed E-state index contributed by atoms with van der Waals surface area (Å²) in [4.78, 5) is 37.7. The van der Waals surface area contributed by atoms with Crippen molar-refractivity contribution in [3.05, 3.63) is 87.5 Å². The van der Waals surface area contributed by atoms with E-state index in [1.54, 1.807) is 24.4 Å². The molecule has 1 fully saturated rings. The van der Waals surface area contributed by atoms with Gasteiger partial charge in [-0.3, -0.25) is 9.59 Å². The van der Waals surface area contributed by atoms with Crippen molar-refractivity contribution < 1.29 is 32.9 Å². The molecule has 48 heavy (non-hydrogen) atoms. The van der Waals surface area contributed by atoms with Crippen molar-refractivity contribution in [1.82, 2.24) is 14.5 Å². The molecule has 0 amide bonds. The Labute approximate surface area is 274 Å². The maximum absolute atomic E-state index is 15.7. The Balaban J connectivity index is 1.18. The van der Waals surface area contributed by atoms with Gasteiger partial charge >= 0.3 is 0 Å². The van der Waals surface area contributed by atoms with E-state index in [1.165, 1.54) is 38.7 Å². The van der Waals surface area contributed by atoms with E-state index in [-0.39, 0.29) is 35.0 Å². The molecule has 10 nitrogen and oxygen atoms in total. The smallest absolute Gasteiger partial charge is 0.230 e. The summed E-state index contributed by atoms with van der Waals surface area (Å²) in [7, 11) is 3.00. The Bertz CT molecular complexity index is 2140. The number of hydrogen-bond donors (Lipinski definition) is 1. The van der Waals surface area contributed by atoms with E-state index in [0.29, 0.717) is 77.9 Å². The minimum atomic E-state index is -0.726. The van der Waals surface area contributed by atoms with E-state index in [0.717, 1.165) is 5.56 Å². The summed E-state index contributed by atoms with van der Waals surface area (Å²) in [5.74, 6) is -0.867. The molecule has 12 heteroatoms. The number of hydrogen-bond acceptors (Lipinski definition) is 9. The summed E-state index contributed by atoms with van der Waals surface area (Å²) in [5, 5.41) is 10.6. The van der Waals surface area contributed by atoms with Gasteiger partial charge in [0.15, 0.2) is 34.3 Å². The van der Waals surface area contributed by atoms with Gasteiger partial charge in [0, 0.05) is 48.8 Å². The number of carbonyl (C=O) groups is 1. The van der Waals surface area contributed by atoms with Crippen LogP contribution in [0.25, 0.3) is 21.8 Å². The van der Waals surface area contributed by atoms with Crippen molar-refractivity contribution >= 4 is 33.3 Å². The van der Waals surface area contributed by atoms with Crippen LogP contribution in [0.3, 0.4) is 0 Å². The molecule has 1 unspecified atom stereocenters. The highest BCUT2D eigenvalue weighted by molar-refractivity contribution is 6.01. The maximum Gasteiger partial charge on any atom is 0.230 e. The molecule has 248 valence electrons. The van der Waals surface area contributed by atoms with Gasteiger partial charge in [0.05, 0.1) is 48.0 Å². The van der Waals surface area contributed by atoms with Crippen LogP contribution in [0.1, 0.15) is 53.7 Å². The number of aryl methyl sites for hydroxylation is 1. The Morgan fingerprint density at radius 1 is 0.958 bits per heavy atom. The van der Waals surface area contributed by atoms with Crippen molar-refractivity contribution in [3.63, 3.8) is 0 Å². The van der Waals surface area contributed by atoms with E-state index >= 15 is 8.78 Å². The van der Waals surface area contributed by atoms with Crippen LogP contribution in [0.15, 0.2) is 53.7 Å². The number of piperidine rings is 1. The zero-order chi connectivity index (χ0) is 33.7. The first kappa shape index (κ1) is 31.5. The molecule has 0 saturated carbocycles. The number of ketones is 1. The van der Waals surface area contributed by atoms with Crippen LogP contribution in [-0.4, -0.2) is 58.8 Å². The Kier molecular flexibility index (Phi) is 8.20. The molecule has 1 saturated heterocycles. The van der Waals surface area contributed by atoms with Crippen molar-refractivity contribution in [3.8, 4) is 23.1 Å². The van der Waals surface area contributed by atoms with Gasteiger partial charge in [-0.1, -0.05) is 6.07 Å². The average molecular weight is 657 g/mol. The van der Waals surface area contributed by atoms with Crippen molar-refractivity contribution in [2.24, 2.45) is 0 Å². The van der Waals surface area contributed by atoms with Crippen LogP contribution in [0.5, 0.6) is 23.1 Å². The standard InChI is InChI=1S/C36H34F2N4O6/c1-19-4-6-22-33-24(14-27(38)34(22)41-10-8-21(43)9-11-41)35(45)25(17-42(19)33)29(44)13-20-5-7-30(26(37)12-20)48-36-23-15-31(46-2)32(47-3)16-28(23)39-18-40-36/h5,7,12,14-19,21,43H,4,6,8-11,13H2,1-3H3. The lowest BCUT2D eigenvalue weighted by atomic mass is 9.92. The number of benzene rings is 3. The molecule has 3 aromatic carbocycles. The summed E-state index contributed by atoms with van der Waals surface area (Å²) < 4.78 is 49.5. The zero-order valence-electron chi connectivity index (χ0n) is 26.8. The summed E-state index contributed by atoms with van der Waals surface area (Å²) in [6.45, 7) is 3.04. The van der Waals surface area contributed by atoms with E-state index in [9.17, 15) is 14.7 Å². The number of fused-ring (bicyclic) bond motifs is 1. The molecule has 0 aliphatic carbocycles. The minimum absolute atomic E-state index is 0.0264. The first-order chi connectivity index (χ1) is 23.2. The van der Waals surface area contributed by atoms with Crippen LogP contribution >= 0.6 is 0 Å². The molecule has 5 aromatic rings. The number of anilines is 1. The van der Waals surface area contributed by atoms with Gasteiger partial charge in [-0.15, -0.1) is 0 Å². The molecule has 1 N–H and O–H groups in total. The van der Waals surface area contributed by atoms with Gasteiger partial charge in [0.2, 0.25) is 5.88 Å². The van der Waals surface area contributed by atoms with Crippen LogP contribution in [0.4, 0.5) is 14.5 Å². The lowest BCUT2D eigenvalue weighted by Gasteiger charge is -2.36. The Morgan fingerprint density at radius 3 is 2.44 bits per heavy atom. The molecular weight excluding hydrogens is 622 g/mol. The van der Waals surface area contributed by atoms with E-state index in [2.05, 4.69) is 9.97 Å². The molecule has 0 spiro atoms.